The Morgan fingerprint density at radius 1 is 1.14 bits per heavy atom. The summed E-state index contributed by atoms with van der Waals surface area (Å²) in [6.07, 6.45) is -0.512. The van der Waals surface area contributed by atoms with Gasteiger partial charge in [-0.1, -0.05) is 48.5 Å². The number of benzene rings is 2. The van der Waals surface area contributed by atoms with Gasteiger partial charge < -0.3 is 9.84 Å². The van der Waals surface area contributed by atoms with E-state index < -0.39 is 6.10 Å². The maximum atomic E-state index is 10.7. The van der Waals surface area contributed by atoms with E-state index in [0.717, 1.165) is 23.4 Å². The van der Waals surface area contributed by atoms with Crippen molar-refractivity contribution in [1.29, 1.82) is 0 Å². The fraction of sp³-hybridized carbons (Fsp3) is 0.333. The SMILES string of the molecule is Cc1cccc2c1OCC(N(C)Cc1ccccc1)C2O. The molecule has 0 amide bonds. The first-order valence-corrected chi connectivity index (χ1v) is 7.31. The number of fused-ring (bicyclic) bond motifs is 1. The highest BCUT2D eigenvalue weighted by molar-refractivity contribution is 5.44. The molecule has 0 radical (unpaired) electrons. The summed E-state index contributed by atoms with van der Waals surface area (Å²) in [5, 5.41) is 10.7. The minimum Gasteiger partial charge on any atom is -0.491 e. The Balaban J connectivity index is 1.78. The van der Waals surface area contributed by atoms with Crippen LogP contribution in [-0.4, -0.2) is 29.7 Å². The molecule has 0 spiro atoms. The summed E-state index contributed by atoms with van der Waals surface area (Å²) in [5.41, 5.74) is 3.21. The third-order valence-corrected chi connectivity index (χ3v) is 4.16. The van der Waals surface area contributed by atoms with Gasteiger partial charge in [-0.3, -0.25) is 4.90 Å². The molecular weight excluding hydrogens is 262 g/mol. The van der Waals surface area contributed by atoms with Crippen molar-refractivity contribution in [1.82, 2.24) is 4.90 Å². The number of ether oxygens (including phenoxy) is 1. The van der Waals surface area contributed by atoms with Crippen LogP contribution in [0.3, 0.4) is 0 Å². The summed E-state index contributed by atoms with van der Waals surface area (Å²) in [4.78, 5) is 2.16. The number of para-hydroxylation sites is 1. The number of hydrogen-bond acceptors (Lipinski definition) is 3. The largest absolute Gasteiger partial charge is 0.491 e. The van der Waals surface area contributed by atoms with Crippen LogP contribution < -0.4 is 4.74 Å². The Labute approximate surface area is 125 Å². The van der Waals surface area contributed by atoms with Gasteiger partial charge in [0.05, 0.1) is 6.04 Å². The Hall–Kier alpha value is -1.84. The number of aryl methyl sites for hydroxylation is 1. The Bertz CT molecular complexity index is 612. The summed E-state index contributed by atoms with van der Waals surface area (Å²) >= 11 is 0. The number of hydrogen-bond donors (Lipinski definition) is 1. The van der Waals surface area contributed by atoms with Gasteiger partial charge >= 0.3 is 0 Å². The minimum absolute atomic E-state index is 0.0282. The van der Waals surface area contributed by atoms with Gasteiger partial charge in [0, 0.05) is 12.1 Å². The molecule has 0 aliphatic carbocycles. The van der Waals surface area contributed by atoms with Crippen molar-refractivity contribution in [3.05, 3.63) is 65.2 Å². The Morgan fingerprint density at radius 3 is 2.67 bits per heavy atom. The number of rotatable bonds is 3. The molecule has 0 saturated heterocycles. The fourth-order valence-electron chi connectivity index (χ4n) is 2.93. The molecule has 3 nitrogen and oxygen atoms in total. The van der Waals surface area contributed by atoms with E-state index in [1.807, 2.05) is 50.4 Å². The summed E-state index contributed by atoms with van der Waals surface area (Å²) in [7, 11) is 2.03. The van der Waals surface area contributed by atoms with Crippen LogP contribution in [0.1, 0.15) is 22.8 Å². The van der Waals surface area contributed by atoms with E-state index in [0.29, 0.717) is 6.61 Å². The Kier molecular flexibility index (Phi) is 3.95. The van der Waals surface area contributed by atoms with Crippen LogP contribution in [0.5, 0.6) is 5.75 Å². The molecule has 1 N–H and O–H groups in total. The van der Waals surface area contributed by atoms with Gasteiger partial charge in [-0.15, -0.1) is 0 Å². The van der Waals surface area contributed by atoms with E-state index in [1.165, 1.54) is 5.56 Å². The third-order valence-electron chi connectivity index (χ3n) is 4.16. The first-order valence-electron chi connectivity index (χ1n) is 7.31. The van der Waals surface area contributed by atoms with E-state index >= 15 is 0 Å². The first kappa shape index (κ1) is 14.1. The molecule has 0 aromatic heterocycles. The van der Waals surface area contributed by atoms with E-state index in [-0.39, 0.29) is 6.04 Å². The van der Waals surface area contributed by atoms with Crippen LogP contribution in [-0.2, 0) is 6.54 Å². The lowest BCUT2D eigenvalue weighted by molar-refractivity contribution is 0.0115. The maximum absolute atomic E-state index is 10.7. The Morgan fingerprint density at radius 2 is 1.90 bits per heavy atom. The van der Waals surface area contributed by atoms with Crippen molar-refractivity contribution in [3.8, 4) is 5.75 Å². The van der Waals surface area contributed by atoms with Crippen LogP contribution in [0.25, 0.3) is 0 Å². The second-order valence-electron chi connectivity index (χ2n) is 5.72. The van der Waals surface area contributed by atoms with E-state index in [9.17, 15) is 5.11 Å². The lowest BCUT2D eigenvalue weighted by Gasteiger charge is -2.36. The molecule has 1 aliphatic heterocycles. The molecule has 0 fully saturated rings. The average molecular weight is 283 g/mol. The molecule has 2 aromatic carbocycles. The smallest absolute Gasteiger partial charge is 0.128 e. The van der Waals surface area contributed by atoms with Crippen molar-refractivity contribution in [2.24, 2.45) is 0 Å². The summed E-state index contributed by atoms with van der Waals surface area (Å²) < 4.78 is 5.89. The highest BCUT2D eigenvalue weighted by atomic mass is 16.5. The molecule has 0 bridgehead atoms. The molecule has 3 heteroatoms. The number of nitrogens with zero attached hydrogens (tertiary/aromatic N) is 1. The molecular formula is C18H21NO2. The molecule has 3 rings (SSSR count). The van der Waals surface area contributed by atoms with Gasteiger partial charge in [0.25, 0.3) is 0 Å². The maximum Gasteiger partial charge on any atom is 0.128 e. The van der Waals surface area contributed by atoms with Gasteiger partial charge in [0.1, 0.15) is 18.5 Å². The monoisotopic (exact) mass is 283 g/mol. The lowest BCUT2D eigenvalue weighted by Crippen LogP contribution is -2.43. The third kappa shape index (κ3) is 2.80. The molecule has 110 valence electrons. The normalized spacial score (nSPS) is 21.0. The molecule has 2 aromatic rings. The van der Waals surface area contributed by atoms with Crippen molar-refractivity contribution in [2.75, 3.05) is 13.7 Å². The fourth-order valence-corrected chi connectivity index (χ4v) is 2.93. The zero-order chi connectivity index (χ0) is 14.8. The summed E-state index contributed by atoms with van der Waals surface area (Å²) in [6, 6.07) is 16.2. The van der Waals surface area contributed by atoms with Gasteiger partial charge in [0.2, 0.25) is 0 Å². The van der Waals surface area contributed by atoms with E-state index in [4.69, 9.17) is 4.74 Å². The van der Waals surface area contributed by atoms with Crippen LogP contribution in [0.15, 0.2) is 48.5 Å². The second-order valence-corrected chi connectivity index (χ2v) is 5.72. The van der Waals surface area contributed by atoms with Crippen molar-refractivity contribution in [2.45, 2.75) is 25.6 Å². The quantitative estimate of drug-likeness (QED) is 0.940. The predicted molar refractivity (Wildman–Crippen MR) is 83.3 cm³/mol. The minimum atomic E-state index is -0.512. The summed E-state index contributed by atoms with van der Waals surface area (Å²) in [6.45, 7) is 3.33. The molecule has 2 unspecified atom stereocenters. The number of likely N-dealkylation sites (N-methyl/N-ethyl adjacent to an activating group) is 1. The highest BCUT2D eigenvalue weighted by Crippen LogP contribution is 2.36. The molecule has 1 heterocycles. The predicted octanol–water partition coefficient (Wildman–Crippen LogP) is 2.92. The zero-order valence-corrected chi connectivity index (χ0v) is 12.5. The molecule has 0 saturated carbocycles. The van der Waals surface area contributed by atoms with Crippen LogP contribution >= 0.6 is 0 Å². The summed E-state index contributed by atoms with van der Waals surface area (Å²) in [5.74, 6) is 0.842. The van der Waals surface area contributed by atoms with Gasteiger partial charge in [-0.05, 0) is 25.1 Å². The highest BCUT2D eigenvalue weighted by Gasteiger charge is 2.32. The van der Waals surface area contributed by atoms with Crippen LogP contribution in [0.2, 0.25) is 0 Å². The van der Waals surface area contributed by atoms with E-state index in [1.54, 1.807) is 0 Å². The lowest BCUT2D eigenvalue weighted by atomic mass is 9.96. The topological polar surface area (TPSA) is 32.7 Å². The van der Waals surface area contributed by atoms with Crippen molar-refractivity contribution in [3.63, 3.8) is 0 Å². The molecule has 21 heavy (non-hydrogen) atoms. The standard InChI is InChI=1S/C18H21NO2/c1-13-7-6-10-15-17(20)16(12-21-18(13)15)19(2)11-14-8-4-3-5-9-14/h3-10,16-17,20H,11-12H2,1-2H3. The van der Waals surface area contributed by atoms with Crippen LogP contribution in [0, 0.1) is 6.92 Å². The van der Waals surface area contributed by atoms with Crippen LogP contribution in [0.4, 0.5) is 0 Å². The van der Waals surface area contributed by atoms with Gasteiger partial charge in [0.15, 0.2) is 0 Å². The molecule has 2 atom stereocenters. The van der Waals surface area contributed by atoms with Crippen molar-refractivity contribution >= 4 is 0 Å². The second kappa shape index (κ2) is 5.88. The van der Waals surface area contributed by atoms with Crippen molar-refractivity contribution < 1.29 is 9.84 Å². The van der Waals surface area contributed by atoms with Gasteiger partial charge in [-0.2, -0.15) is 0 Å². The number of aliphatic hydroxyl groups excluding tert-OH is 1. The average Bonchev–Trinajstić information content (AvgIpc) is 2.49. The molecule has 1 aliphatic rings. The van der Waals surface area contributed by atoms with E-state index in [2.05, 4.69) is 17.0 Å². The first-order chi connectivity index (χ1) is 10.2. The number of aliphatic hydroxyl groups is 1. The van der Waals surface area contributed by atoms with Gasteiger partial charge in [-0.25, -0.2) is 0 Å². The zero-order valence-electron chi connectivity index (χ0n) is 12.5.